The van der Waals surface area contributed by atoms with Crippen LogP contribution in [-0.2, 0) is 17.9 Å². The molecular formula is C14H15BrN4O5. The molecule has 24 heavy (non-hydrogen) atoms. The molecule has 0 aliphatic heterocycles. The van der Waals surface area contributed by atoms with Crippen molar-refractivity contribution >= 4 is 27.8 Å². The number of ether oxygens (including phenoxy) is 2. The first-order chi connectivity index (χ1) is 11.4. The van der Waals surface area contributed by atoms with E-state index in [2.05, 4.69) is 31.6 Å². The van der Waals surface area contributed by atoms with Gasteiger partial charge < -0.3 is 19.9 Å². The number of hydrogen-bond donors (Lipinski definition) is 2. The Bertz CT molecular complexity index is 736. The zero-order valence-electron chi connectivity index (χ0n) is 12.9. The lowest BCUT2D eigenvalue weighted by Gasteiger charge is -2.11. The number of carboxylic acids is 1. The third kappa shape index (κ3) is 4.22. The van der Waals surface area contributed by atoms with Crippen molar-refractivity contribution < 1.29 is 24.2 Å². The minimum atomic E-state index is -1.02. The van der Waals surface area contributed by atoms with Crippen molar-refractivity contribution in [1.29, 1.82) is 0 Å². The molecule has 1 aromatic carbocycles. The van der Waals surface area contributed by atoms with Crippen molar-refractivity contribution in [3.05, 3.63) is 34.1 Å². The van der Waals surface area contributed by atoms with Crippen molar-refractivity contribution in [3.63, 3.8) is 0 Å². The monoisotopic (exact) mass is 398 g/mol. The van der Waals surface area contributed by atoms with Gasteiger partial charge in [0.15, 0.2) is 0 Å². The lowest BCUT2D eigenvalue weighted by molar-refractivity contribution is -0.137. The van der Waals surface area contributed by atoms with Gasteiger partial charge in [0, 0.05) is 5.56 Å². The highest BCUT2D eigenvalue weighted by molar-refractivity contribution is 9.10. The molecule has 2 N–H and O–H groups in total. The van der Waals surface area contributed by atoms with Gasteiger partial charge in [0.1, 0.15) is 28.2 Å². The molecule has 0 bridgehead atoms. The van der Waals surface area contributed by atoms with E-state index in [0.717, 1.165) is 0 Å². The number of carboxylic acid groups (broad SMARTS) is 1. The molecule has 2 aromatic rings. The highest BCUT2D eigenvalue weighted by Gasteiger charge is 2.15. The topological polar surface area (TPSA) is 116 Å². The summed E-state index contributed by atoms with van der Waals surface area (Å²) in [6.45, 7) is -0.179. The molecule has 2 rings (SSSR count). The van der Waals surface area contributed by atoms with Crippen LogP contribution in [0.1, 0.15) is 16.1 Å². The van der Waals surface area contributed by atoms with Crippen molar-refractivity contribution in [2.24, 2.45) is 0 Å². The molecule has 128 valence electrons. The molecule has 0 atom stereocenters. The number of methoxy groups -OCH3 is 2. The number of halogens is 1. The zero-order chi connectivity index (χ0) is 17.7. The maximum Gasteiger partial charge on any atom is 0.325 e. The number of benzene rings is 1. The van der Waals surface area contributed by atoms with Crippen LogP contribution in [0, 0.1) is 0 Å². The molecule has 0 aliphatic carbocycles. The minimum absolute atomic E-state index is 0.110. The first-order valence-electron chi connectivity index (χ1n) is 6.75. The number of nitrogens with zero attached hydrogens (tertiary/aromatic N) is 3. The number of aliphatic carboxylic acids is 1. The summed E-state index contributed by atoms with van der Waals surface area (Å²) in [7, 11) is 2.98. The zero-order valence-corrected chi connectivity index (χ0v) is 14.5. The van der Waals surface area contributed by atoms with Gasteiger partial charge in [-0.25, -0.2) is 4.68 Å². The Morgan fingerprint density at radius 3 is 2.46 bits per heavy atom. The van der Waals surface area contributed by atoms with E-state index in [1.54, 1.807) is 12.1 Å². The number of hydrogen-bond acceptors (Lipinski definition) is 6. The fraction of sp³-hybridized carbons (Fsp3) is 0.286. The van der Waals surface area contributed by atoms with Gasteiger partial charge in [0.2, 0.25) is 0 Å². The Morgan fingerprint density at radius 2 is 1.92 bits per heavy atom. The summed E-state index contributed by atoms with van der Waals surface area (Å²) in [5.41, 5.74) is 0.797. The lowest BCUT2D eigenvalue weighted by atomic mass is 10.2. The van der Waals surface area contributed by atoms with Crippen LogP contribution in [0.3, 0.4) is 0 Å². The number of nitrogens with one attached hydrogen (secondary N) is 1. The standard InChI is InChI=1S/C14H15BrN4O5/c1-23-10-3-8(4-11(24-2)13(10)15)14(22)16-5-9-6-19(18-17-9)7-12(20)21/h3-4,6H,5,7H2,1-2H3,(H,16,22)(H,20,21). The molecule has 10 heteroatoms. The van der Waals surface area contributed by atoms with Crippen LogP contribution in [0.5, 0.6) is 11.5 Å². The molecule has 0 saturated heterocycles. The Kier molecular flexibility index (Phi) is 5.74. The van der Waals surface area contributed by atoms with E-state index in [-0.39, 0.29) is 19.0 Å². The second kappa shape index (κ2) is 7.77. The SMILES string of the molecule is COc1cc(C(=O)NCc2cn(CC(=O)O)nn2)cc(OC)c1Br. The van der Waals surface area contributed by atoms with Crippen LogP contribution in [0.25, 0.3) is 0 Å². The predicted molar refractivity (Wildman–Crippen MR) is 86.1 cm³/mol. The molecular weight excluding hydrogens is 384 g/mol. The Morgan fingerprint density at radius 1 is 1.29 bits per heavy atom. The summed E-state index contributed by atoms with van der Waals surface area (Å²) in [5, 5.41) is 18.8. The number of amides is 1. The van der Waals surface area contributed by atoms with Gasteiger partial charge in [0.25, 0.3) is 5.91 Å². The van der Waals surface area contributed by atoms with E-state index in [4.69, 9.17) is 14.6 Å². The van der Waals surface area contributed by atoms with Crippen LogP contribution in [-0.4, -0.2) is 46.2 Å². The number of carbonyl (C=O) groups is 2. The number of aromatic nitrogens is 3. The molecule has 0 unspecified atom stereocenters. The summed E-state index contributed by atoms with van der Waals surface area (Å²) in [4.78, 5) is 22.9. The highest BCUT2D eigenvalue weighted by Crippen LogP contribution is 2.35. The maximum absolute atomic E-state index is 12.3. The van der Waals surface area contributed by atoms with Gasteiger partial charge >= 0.3 is 5.97 Å². The van der Waals surface area contributed by atoms with E-state index < -0.39 is 5.97 Å². The Labute approximate surface area is 145 Å². The summed E-state index contributed by atoms with van der Waals surface area (Å²) in [5.74, 6) is -0.449. The minimum Gasteiger partial charge on any atom is -0.495 e. The predicted octanol–water partition coefficient (Wildman–Crippen LogP) is 1.07. The van der Waals surface area contributed by atoms with Gasteiger partial charge in [-0.1, -0.05) is 5.21 Å². The second-order valence-electron chi connectivity index (χ2n) is 4.68. The third-order valence-electron chi connectivity index (χ3n) is 3.02. The van der Waals surface area contributed by atoms with Crippen molar-refractivity contribution in [3.8, 4) is 11.5 Å². The molecule has 1 aromatic heterocycles. The van der Waals surface area contributed by atoms with Crippen molar-refractivity contribution in [2.75, 3.05) is 14.2 Å². The first kappa shape index (κ1) is 17.7. The fourth-order valence-corrected chi connectivity index (χ4v) is 2.46. The summed E-state index contributed by atoms with van der Waals surface area (Å²) < 4.78 is 12.2. The van der Waals surface area contributed by atoms with Crippen LogP contribution < -0.4 is 14.8 Å². The van der Waals surface area contributed by atoms with Gasteiger partial charge in [-0.15, -0.1) is 5.10 Å². The maximum atomic E-state index is 12.3. The smallest absolute Gasteiger partial charge is 0.325 e. The summed E-state index contributed by atoms with van der Waals surface area (Å²) in [6, 6.07) is 3.15. The Hall–Kier alpha value is -2.62. The van der Waals surface area contributed by atoms with Crippen LogP contribution in [0.2, 0.25) is 0 Å². The second-order valence-corrected chi connectivity index (χ2v) is 5.47. The third-order valence-corrected chi connectivity index (χ3v) is 3.80. The van der Waals surface area contributed by atoms with E-state index in [9.17, 15) is 9.59 Å². The van der Waals surface area contributed by atoms with Crippen molar-refractivity contribution in [1.82, 2.24) is 20.3 Å². The quantitative estimate of drug-likeness (QED) is 0.716. The average molecular weight is 399 g/mol. The lowest BCUT2D eigenvalue weighted by Crippen LogP contribution is -2.23. The van der Waals surface area contributed by atoms with E-state index in [1.165, 1.54) is 25.1 Å². The molecule has 0 radical (unpaired) electrons. The first-order valence-corrected chi connectivity index (χ1v) is 7.54. The summed E-state index contributed by atoms with van der Waals surface area (Å²) >= 11 is 3.33. The van der Waals surface area contributed by atoms with E-state index in [1.807, 2.05) is 0 Å². The molecule has 0 aliphatic rings. The Balaban J connectivity index is 2.07. The normalized spacial score (nSPS) is 10.3. The summed E-state index contributed by atoms with van der Waals surface area (Å²) in [6.07, 6.45) is 1.46. The number of rotatable bonds is 7. The van der Waals surface area contributed by atoms with Crippen LogP contribution in [0.15, 0.2) is 22.8 Å². The van der Waals surface area contributed by atoms with Crippen LogP contribution >= 0.6 is 15.9 Å². The van der Waals surface area contributed by atoms with Crippen LogP contribution in [0.4, 0.5) is 0 Å². The molecule has 0 spiro atoms. The molecule has 0 saturated carbocycles. The number of carbonyl (C=O) groups excluding carboxylic acids is 1. The molecule has 0 fully saturated rings. The van der Waals surface area contributed by atoms with Gasteiger partial charge in [-0.05, 0) is 28.1 Å². The molecule has 9 nitrogen and oxygen atoms in total. The fourth-order valence-electron chi connectivity index (χ4n) is 1.91. The largest absolute Gasteiger partial charge is 0.495 e. The highest BCUT2D eigenvalue weighted by atomic mass is 79.9. The average Bonchev–Trinajstić information content (AvgIpc) is 2.99. The van der Waals surface area contributed by atoms with Gasteiger partial charge in [0.05, 0.1) is 27.0 Å². The van der Waals surface area contributed by atoms with Gasteiger partial charge in [-0.2, -0.15) is 0 Å². The van der Waals surface area contributed by atoms with E-state index >= 15 is 0 Å². The molecule has 1 heterocycles. The van der Waals surface area contributed by atoms with E-state index in [0.29, 0.717) is 27.2 Å². The molecule has 1 amide bonds. The van der Waals surface area contributed by atoms with Crippen molar-refractivity contribution in [2.45, 2.75) is 13.1 Å². The van der Waals surface area contributed by atoms with Gasteiger partial charge in [-0.3, -0.25) is 9.59 Å².